The van der Waals surface area contributed by atoms with Crippen LogP contribution in [0.15, 0.2) is 24.3 Å². The summed E-state index contributed by atoms with van der Waals surface area (Å²) in [6.45, 7) is 6.90. The topological polar surface area (TPSA) is 23.6 Å². The minimum Gasteiger partial charge on any atom is -0.372 e. The van der Waals surface area contributed by atoms with Crippen molar-refractivity contribution >= 4 is 11.6 Å². The highest BCUT2D eigenvalue weighted by molar-refractivity contribution is 5.93. The predicted octanol–water partition coefficient (Wildman–Crippen LogP) is 2.90. The van der Waals surface area contributed by atoms with E-state index in [9.17, 15) is 4.79 Å². The molecular formula is C18H24N2O. The minimum atomic E-state index is -0.133. The Bertz CT molecular complexity index is 531. The van der Waals surface area contributed by atoms with Gasteiger partial charge in [-0.05, 0) is 49.3 Å². The molecule has 3 heteroatoms. The van der Waals surface area contributed by atoms with Crippen LogP contribution in [0.25, 0.3) is 0 Å². The molecule has 0 N–H and O–H groups in total. The Morgan fingerprint density at radius 1 is 1.29 bits per heavy atom. The lowest BCUT2D eigenvalue weighted by Gasteiger charge is -2.32. The van der Waals surface area contributed by atoms with Crippen molar-refractivity contribution in [1.82, 2.24) is 4.90 Å². The first kappa shape index (κ1) is 15.4. The van der Waals surface area contributed by atoms with Crippen LogP contribution in [0.3, 0.4) is 0 Å². The second-order valence-electron chi connectivity index (χ2n) is 5.87. The summed E-state index contributed by atoms with van der Waals surface area (Å²) in [4.78, 5) is 15.7. The molecule has 0 aromatic heterocycles. The second-order valence-corrected chi connectivity index (χ2v) is 5.87. The van der Waals surface area contributed by atoms with E-state index >= 15 is 0 Å². The molecule has 2 rings (SSSR count). The lowest BCUT2D eigenvalue weighted by Crippen LogP contribution is -2.32. The van der Waals surface area contributed by atoms with Crippen LogP contribution in [0.4, 0.5) is 5.69 Å². The molecule has 0 bridgehead atoms. The van der Waals surface area contributed by atoms with Crippen LogP contribution in [0, 0.1) is 17.8 Å². The van der Waals surface area contributed by atoms with E-state index in [-0.39, 0.29) is 5.91 Å². The van der Waals surface area contributed by atoms with Crippen LogP contribution in [0.1, 0.15) is 32.3 Å². The van der Waals surface area contributed by atoms with Crippen molar-refractivity contribution in [2.45, 2.75) is 33.2 Å². The average molecular weight is 284 g/mol. The summed E-state index contributed by atoms with van der Waals surface area (Å²) in [6, 6.07) is 8.54. The SMILES string of the molecule is CC#CC(=O)N(C)Cc1ccc(N2CCC(C)CC2)cc1. The molecule has 1 aromatic carbocycles. The summed E-state index contributed by atoms with van der Waals surface area (Å²) >= 11 is 0. The molecule has 1 aromatic rings. The zero-order valence-electron chi connectivity index (χ0n) is 13.2. The largest absolute Gasteiger partial charge is 0.372 e. The summed E-state index contributed by atoms with van der Waals surface area (Å²) in [7, 11) is 1.78. The van der Waals surface area contributed by atoms with E-state index in [2.05, 4.69) is 47.9 Å². The van der Waals surface area contributed by atoms with E-state index in [1.165, 1.54) is 18.5 Å². The molecule has 112 valence electrons. The summed E-state index contributed by atoms with van der Waals surface area (Å²) < 4.78 is 0. The molecule has 1 amide bonds. The standard InChI is InChI=1S/C18H24N2O/c1-4-5-18(21)19(3)14-16-6-8-17(9-7-16)20-12-10-15(2)11-13-20/h6-9,15H,10-14H2,1-3H3. The molecule has 1 aliphatic heterocycles. The van der Waals surface area contributed by atoms with Crippen LogP contribution in [-0.2, 0) is 11.3 Å². The van der Waals surface area contributed by atoms with E-state index in [1.807, 2.05) is 0 Å². The third-order valence-electron chi connectivity index (χ3n) is 4.08. The van der Waals surface area contributed by atoms with Crippen molar-refractivity contribution in [3.8, 4) is 11.8 Å². The molecular weight excluding hydrogens is 260 g/mol. The van der Waals surface area contributed by atoms with E-state index in [0.29, 0.717) is 6.54 Å². The lowest BCUT2D eigenvalue weighted by molar-refractivity contribution is -0.124. The number of carbonyl (C=O) groups excluding carboxylic acids is 1. The number of hydrogen-bond acceptors (Lipinski definition) is 2. The number of anilines is 1. The van der Waals surface area contributed by atoms with Gasteiger partial charge in [0, 0.05) is 32.4 Å². The molecule has 0 atom stereocenters. The molecule has 1 heterocycles. The normalized spacial score (nSPS) is 15.3. The number of nitrogens with zero attached hydrogens (tertiary/aromatic N) is 2. The molecule has 21 heavy (non-hydrogen) atoms. The fraction of sp³-hybridized carbons (Fsp3) is 0.500. The third-order valence-corrected chi connectivity index (χ3v) is 4.08. The van der Waals surface area contributed by atoms with Crippen LogP contribution in [-0.4, -0.2) is 30.9 Å². The highest BCUT2D eigenvalue weighted by Gasteiger charge is 2.16. The number of piperidine rings is 1. The van der Waals surface area contributed by atoms with Gasteiger partial charge in [-0.3, -0.25) is 4.79 Å². The van der Waals surface area contributed by atoms with Crippen molar-refractivity contribution in [2.24, 2.45) is 5.92 Å². The maximum atomic E-state index is 11.6. The van der Waals surface area contributed by atoms with Gasteiger partial charge in [0.25, 0.3) is 5.91 Å². The van der Waals surface area contributed by atoms with Gasteiger partial charge in [0.05, 0.1) is 0 Å². The summed E-state index contributed by atoms with van der Waals surface area (Å²) in [5.41, 5.74) is 2.42. The van der Waals surface area contributed by atoms with E-state index in [1.54, 1.807) is 18.9 Å². The first-order valence-electron chi connectivity index (χ1n) is 7.62. The molecule has 0 unspecified atom stereocenters. The monoisotopic (exact) mass is 284 g/mol. The van der Waals surface area contributed by atoms with Gasteiger partial charge in [-0.1, -0.05) is 25.0 Å². The van der Waals surface area contributed by atoms with Crippen molar-refractivity contribution < 1.29 is 4.79 Å². The third kappa shape index (κ3) is 4.26. The molecule has 0 radical (unpaired) electrons. The summed E-state index contributed by atoms with van der Waals surface area (Å²) in [5, 5.41) is 0. The highest BCUT2D eigenvalue weighted by atomic mass is 16.2. The van der Waals surface area contributed by atoms with Crippen molar-refractivity contribution in [1.29, 1.82) is 0 Å². The fourth-order valence-electron chi connectivity index (χ4n) is 2.63. The first-order chi connectivity index (χ1) is 10.1. The quantitative estimate of drug-likeness (QED) is 0.797. The second kappa shape index (κ2) is 7.17. The van der Waals surface area contributed by atoms with Gasteiger partial charge in [0.1, 0.15) is 0 Å². The van der Waals surface area contributed by atoms with Crippen LogP contribution in [0.5, 0.6) is 0 Å². The maximum Gasteiger partial charge on any atom is 0.298 e. The molecule has 0 saturated carbocycles. The van der Waals surface area contributed by atoms with Gasteiger partial charge in [0.2, 0.25) is 0 Å². The Morgan fingerprint density at radius 2 is 1.90 bits per heavy atom. The summed E-state index contributed by atoms with van der Waals surface area (Å²) in [5.74, 6) is 5.92. The Kier molecular flexibility index (Phi) is 5.27. The van der Waals surface area contributed by atoms with Gasteiger partial charge in [-0.2, -0.15) is 0 Å². The first-order valence-corrected chi connectivity index (χ1v) is 7.62. The lowest BCUT2D eigenvalue weighted by atomic mass is 9.98. The predicted molar refractivity (Wildman–Crippen MR) is 87.0 cm³/mol. The maximum absolute atomic E-state index is 11.6. The highest BCUT2D eigenvalue weighted by Crippen LogP contribution is 2.23. The van der Waals surface area contributed by atoms with E-state index in [0.717, 1.165) is 24.6 Å². The van der Waals surface area contributed by atoms with Gasteiger partial charge in [-0.25, -0.2) is 0 Å². The number of benzene rings is 1. The van der Waals surface area contributed by atoms with Crippen LogP contribution < -0.4 is 4.90 Å². The average Bonchev–Trinajstić information content (AvgIpc) is 2.49. The van der Waals surface area contributed by atoms with E-state index in [4.69, 9.17) is 0 Å². The Balaban J connectivity index is 1.95. The summed E-state index contributed by atoms with van der Waals surface area (Å²) in [6.07, 6.45) is 2.54. The van der Waals surface area contributed by atoms with Crippen LogP contribution >= 0.6 is 0 Å². The van der Waals surface area contributed by atoms with Gasteiger partial charge < -0.3 is 9.80 Å². The van der Waals surface area contributed by atoms with Crippen molar-refractivity contribution in [3.05, 3.63) is 29.8 Å². The van der Waals surface area contributed by atoms with Gasteiger partial charge in [0.15, 0.2) is 0 Å². The van der Waals surface area contributed by atoms with Gasteiger partial charge in [-0.15, -0.1) is 0 Å². The number of amides is 1. The number of carbonyl (C=O) groups is 1. The molecule has 1 saturated heterocycles. The zero-order chi connectivity index (χ0) is 15.2. The minimum absolute atomic E-state index is 0.133. The van der Waals surface area contributed by atoms with Crippen molar-refractivity contribution in [2.75, 3.05) is 25.0 Å². The number of hydrogen-bond donors (Lipinski definition) is 0. The number of rotatable bonds is 3. The molecule has 1 fully saturated rings. The fourth-order valence-corrected chi connectivity index (χ4v) is 2.63. The van der Waals surface area contributed by atoms with Crippen molar-refractivity contribution in [3.63, 3.8) is 0 Å². The van der Waals surface area contributed by atoms with E-state index < -0.39 is 0 Å². The molecule has 0 spiro atoms. The Hall–Kier alpha value is -1.95. The smallest absolute Gasteiger partial charge is 0.298 e. The van der Waals surface area contributed by atoms with Crippen LogP contribution in [0.2, 0.25) is 0 Å². The van der Waals surface area contributed by atoms with Gasteiger partial charge >= 0.3 is 0 Å². The molecule has 0 aliphatic carbocycles. The molecule has 3 nitrogen and oxygen atoms in total. The Morgan fingerprint density at radius 3 is 2.48 bits per heavy atom. The molecule has 1 aliphatic rings. The zero-order valence-corrected chi connectivity index (χ0v) is 13.2. The Labute approximate surface area is 127 Å².